The smallest absolute Gasteiger partial charge is 0.200 e. The molecular weight excluding hydrogens is 248 g/mol. The average Bonchev–Trinajstić information content (AvgIpc) is 2.40. The maximum atomic E-state index is 12.2. The zero-order valence-electron chi connectivity index (χ0n) is 10.1. The Balaban J connectivity index is 2.51. The number of phenols is 3. The molecule has 0 spiro atoms. The Morgan fingerprint density at radius 3 is 2.26 bits per heavy atom. The lowest BCUT2D eigenvalue weighted by atomic mass is 10.0. The van der Waals surface area contributed by atoms with Gasteiger partial charge in [-0.1, -0.05) is 12.1 Å². The first-order valence-electron chi connectivity index (χ1n) is 5.47. The first-order valence-corrected chi connectivity index (χ1v) is 5.47. The number of carbonyl (C=O) groups excluding carboxylic acids is 1. The van der Waals surface area contributed by atoms with Crippen LogP contribution in [0.15, 0.2) is 36.4 Å². The van der Waals surface area contributed by atoms with Crippen molar-refractivity contribution >= 4 is 5.78 Å². The summed E-state index contributed by atoms with van der Waals surface area (Å²) >= 11 is 0. The number of benzene rings is 2. The van der Waals surface area contributed by atoms with E-state index in [0.717, 1.165) is 12.1 Å². The number of aromatic hydroxyl groups is 3. The number of carbonyl (C=O) groups is 1. The van der Waals surface area contributed by atoms with Crippen LogP contribution in [-0.4, -0.2) is 28.2 Å². The summed E-state index contributed by atoms with van der Waals surface area (Å²) in [6.07, 6.45) is 0. The van der Waals surface area contributed by atoms with Crippen LogP contribution in [-0.2, 0) is 0 Å². The first kappa shape index (κ1) is 12.8. The summed E-state index contributed by atoms with van der Waals surface area (Å²) in [5.41, 5.74) is -0.0674. The second kappa shape index (κ2) is 4.89. The van der Waals surface area contributed by atoms with E-state index in [-0.39, 0.29) is 34.1 Å². The largest absolute Gasteiger partial charge is 0.507 e. The maximum absolute atomic E-state index is 12.2. The molecule has 2 aromatic rings. The third-order valence-electron chi connectivity index (χ3n) is 2.69. The molecule has 5 nitrogen and oxygen atoms in total. The Labute approximate surface area is 109 Å². The van der Waals surface area contributed by atoms with E-state index in [0.29, 0.717) is 0 Å². The van der Waals surface area contributed by atoms with Crippen molar-refractivity contribution < 1.29 is 24.9 Å². The van der Waals surface area contributed by atoms with E-state index >= 15 is 0 Å². The van der Waals surface area contributed by atoms with E-state index in [1.165, 1.54) is 19.2 Å². The van der Waals surface area contributed by atoms with Crippen molar-refractivity contribution in [1.29, 1.82) is 0 Å². The molecule has 19 heavy (non-hydrogen) atoms. The Hall–Kier alpha value is -2.69. The molecule has 2 rings (SSSR count). The van der Waals surface area contributed by atoms with Crippen LogP contribution in [0.2, 0.25) is 0 Å². The SMILES string of the molecule is COc1cc(O)c(C(=O)c2ccccc2O)cc1O. The number of para-hydroxylation sites is 1. The van der Waals surface area contributed by atoms with E-state index in [1.807, 2.05) is 0 Å². The van der Waals surface area contributed by atoms with Gasteiger partial charge in [-0.2, -0.15) is 0 Å². The van der Waals surface area contributed by atoms with E-state index < -0.39 is 5.78 Å². The summed E-state index contributed by atoms with van der Waals surface area (Å²) < 4.78 is 4.82. The highest BCUT2D eigenvalue weighted by molar-refractivity contribution is 6.12. The predicted molar refractivity (Wildman–Crippen MR) is 67.9 cm³/mol. The van der Waals surface area contributed by atoms with Crippen LogP contribution in [0.25, 0.3) is 0 Å². The Bertz CT molecular complexity index is 634. The summed E-state index contributed by atoms with van der Waals surface area (Å²) in [7, 11) is 1.33. The van der Waals surface area contributed by atoms with Crippen molar-refractivity contribution in [3.8, 4) is 23.0 Å². The van der Waals surface area contributed by atoms with Gasteiger partial charge in [0.2, 0.25) is 5.78 Å². The number of ether oxygens (including phenoxy) is 1. The quantitative estimate of drug-likeness (QED) is 0.580. The third-order valence-corrected chi connectivity index (χ3v) is 2.69. The summed E-state index contributed by atoms with van der Waals surface area (Å²) in [6.45, 7) is 0. The molecule has 0 saturated heterocycles. The van der Waals surface area contributed by atoms with Crippen molar-refractivity contribution in [3.63, 3.8) is 0 Å². The molecule has 0 fully saturated rings. The van der Waals surface area contributed by atoms with Gasteiger partial charge in [0.1, 0.15) is 11.5 Å². The highest BCUT2D eigenvalue weighted by atomic mass is 16.5. The fourth-order valence-corrected chi connectivity index (χ4v) is 1.71. The average molecular weight is 260 g/mol. The minimum Gasteiger partial charge on any atom is -0.507 e. The number of phenolic OH excluding ortho intramolecular Hbond substituents is 3. The van der Waals surface area contributed by atoms with Gasteiger partial charge in [0.15, 0.2) is 11.5 Å². The first-order chi connectivity index (χ1) is 9.04. The lowest BCUT2D eigenvalue weighted by Gasteiger charge is -2.09. The Morgan fingerprint density at radius 2 is 1.63 bits per heavy atom. The number of hydrogen-bond donors (Lipinski definition) is 3. The van der Waals surface area contributed by atoms with Gasteiger partial charge in [0.25, 0.3) is 0 Å². The van der Waals surface area contributed by atoms with E-state index in [2.05, 4.69) is 0 Å². The summed E-state index contributed by atoms with van der Waals surface area (Å²) in [5.74, 6) is -1.32. The van der Waals surface area contributed by atoms with Gasteiger partial charge in [-0.25, -0.2) is 0 Å². The molecule has 0 heterocycles. The fraction of sp³-hybridized carbons (Fsp3) is 0.0714. The van der Waals surface area contributed by atoms with E-state index in [4.69, 9.17) is 4.74 Å². The second-order valence-corrected chi connectivity index (χ2v) is 3.89. The molecule has 0 aliphatic heterocycles. The van der Waals surface area contributed by atoms with Crippen molar-refractivity contribution in [2.75, 3.05) is 7.11 Å². The molecular formula is C14H12O5. The van der Waals surface area contributed by atoms with Gasteiger partial charge < -0.3 is 20.1 Å². The molecule has 0 aromatic heterocycles. The van der Waals surface area contributed by atoms with E-state index in [1.54, 1.807) is 12.1 Å². The molecule has 0 atom stereocenters. The zero-order chi connectivity index (χ0) is 14.0. The molecule has 5 heteroatoms. The number of hydrogen-bond acceptors (Lipinski definition) is 5. The standard InChI is InChI=1S/C14H12O5/c1-19-13-7-11(16)9(6-12(13)17)14(18)8-4-2-3-5-10(8)15/h2-7,15-17H,1H3. The van der Waals surface area contributed by atoms with Gasteiger partial charge in [0, 0.05) is 6.07 Å². The highest BCUT2D eigenvalue weighted by Crippen LogP contribution is 2.35. The van der Waals surface area contributed by atoms with Crippen molar-refractivity contribution in [2.24, 2.45) is 0 Å². The van der Waals surface area contributed by atoms with Gasteiger partial charge in [0.05, 0.1) is 18.2 Å². The van der Waals surface area contributed by atoms with Crippen LogP contribution < -0.4 is 4.74 Å². The van der Waals surface area contributed by atoms with Gasteiger partial charge in [-0.15, -0.1) is 0 Å². The van der Waals surface area contributed by atoms with Crippen molar-refractivity contribution in [1.82, 2.24) is 0 Å². The highest BCUT2D eigenvalue weighted by Gasteiger charge is 2.19. The molecule has 0 unspecified atom stereocenters. The zero-order valence-corrected chi connectivity index (χ0v) is 10.1. The van der Waals surface area contributed by atoms with Crippen molar-refractivity contribution in [3.05, 3.63) is 47.5 Å². The van der Waals surface area contributed by atoms with Gasteiger partial charge in [-0.05, 0) is 18.2 Å². The van der Waals surface area contributed by atoms with Gasteiger partial charge >= 0.3 is 0 Å². The second-order valence-electron chi connectivity index (χ2n) is 3.89. The summed E-state index contributed by atoms with van der Waals surface area (Å²) in [5, 5.41) is 29.0. The lowest BCUT2D eigenvalue weighted by Crippen LogP contribution is -2.02. The predicted octanol–water partition coefficient (Wildman–Crippen LogP) is 2.04. The van der Waals surface area contributed by atoms with Crippen LogP contribution in [0.3, 0.4) is 0 Å². The van der Waals surface area contributed by atoms with Crippen LogP contribution in [0, 0.1) is 0 Å². The monoisotopic (exact) mass is 260 g/mol. The molecule has 0 saturated carbocycles. The third kappa shape index (κ3) is 2.30. The Kier molecular flexibility index (Phi) is 3.29. The molecule has 3 N–H and O–H groups in total. The van der Waals surface area contributed by atoms with Crippen LogP contribution >= 0.6 is 0 Å². The molecule has 0 aliphatic carbocycles. The number of rotatable bonds is 3. The number of ketones is 1. The van der Waals surface area contributed by atoms with Crippen LogP contribution in [0.4, 0.5) is 0 Å². The van der Waals surface area contributed by atoms with Crippen LogP contribution in [0.5, 0.6) is 23.0 Å². The molecule has 2 aromatic carbocycles. The Morgan fingerprint density at radius 1 is 0.947 bits per heavy atom. The summed E-state index contributed by atoms with van der Waals surface area (Å²) in [6, 6.07) is 8.21. The lowest BCUT2D eigenvalue weighted by molar-refractivity contribution is 0.103. The molecule has 0 aliphatic rings. The van der Waals surface area contributed by atoms with Gasteiger partial charge in [-0.3, -0.25) is 4.79 Å². The normalized spacial score (nSPS) is 10.2. The molecule has 98 valence electrons. The minimum absolute atomic E-state index is 0.0439. The maximum Gasteiger partial charge on any atom is 0.200 e. The topological polar surface area (TPSA) is 87.0 Å². The van der Waals surface area contributed by atoms with E-state index in [9.17, 15) is 20.1 Å². The fourth-order valence-electron chi connectivity index (χ4n) is 1.71. The molecule has 0 amide bonds. The molecule has 0 bridgehead atoms. The van der Waals surface area contributed by atoms with Crippen molar-refractivity contribution in [2.45, 2.75) is 0 Å². The minimum atomic E-state index is -0.589. The number of methoxy groups -OCH3 is 1. The van der Waals surface area contributed by atoms with Crippen LogP contribution in [0.1, 0.15) is 15.9 Å². The summed E-state index contributed by atoms with van der Waals surface area (Å²) in [4.78, 5) is 12.2. The molecule has 0 radical (unpaired) electrons.